The fraction of sp³-hybridized carbons (Fsp3) is 0.300. The average Bonchev–Trinajstić information content (AvgIpc) is 3.02. The highest BCUT2D eigenvalue weighted by molar-refractivity contribution is 5.80. The number of carbonyl (C=O) groups is 2. The molecule has 1 aliphatic rings. The lowest BCUT2D eigenvalue weighted by Gasteiger charge is -2.05. The summed E-state index contributed by atoms with van der Waals surface area (Å²) in [5.41, 5.74) is 0.441. The Morgan fingerprint density at radius 1 is 1.29 bits per heavy atom. The molecule has 1 heterocycles. The number of rotatable bonds is 4. The summed E-state index contributed by atoms with van der Waals surface area (Å²) < 4.78 is 5.44. The van der Waals surface area contributed by atoms with Crippen LogP contribution < -0.4 is 4.74 Å². The summed E-state index contributed by atoms with van der Waals surface area (Å²) in [5.74, 6) is 0.466. The van der Waals surface area contributed by atoms with Crippen LogP contribution in [0.5, 0.6) is 5.75 Å². The molecule has 1 fully saturated rings. The normalized spacial score (nSPS) is 14.9. The second kappa shape index (κ2) is 3.57. The van der Waals surface area contributed by atoms with Gasteiger partial charge in [-0.05, 0) is 25.0 Å². The van der Waals surface area contributed by atoms with Gasteiger partial charge in [0, 0.05) is 0 Å². The molecule has 2 rings (SSSR count). The quantitative estimate of drug-likeness (QED) is 0.672. The summed E-state index contributed by atoms with van der Waals surface area (Å²) in [5, 5.41) is 0. The van der Waals surface area contributed by atoms with Crippen molar-refractivity contribution in [1.82, 2.24) is 4.98 Å². The van der Waals surface area contributed by atoms with E-state index in [9.17, 15) is 9.59 Å². The molecule has 0 atom stereocenters. The standard InChI is InChI=1S/C10H9NO3/c12-5-7-1-4-10(9(6-13)11-7)14-8-2-3-8/h1,4-6,8H,2-3H2. The zero-order valence-electron chi connectivity index (χ0n) is 7.47. The molecule has 0 spiro atoms. The number of ether oxygens (including phenoxy) is 1. The highest BCUT2D eigenvalue weighted by Crippen LogP contribution is 2.27. The van der Waals surface area contributed by atoms with Crippen molar-refractivity contribution in [3.05, 3.63) is 23.5 Å². The van der Waals surface area contributed by atoms with Crippen LogP contribution in [-0.4, -0.2) is 23.7 Å². The zero-order valence-corrected chi connectivity index (χ0v) is 7.47. The number of aldehydes is 2. The summed E-state index contributed by atoms with van der Waals surface area (Å²) in [6, 6.07) is 3.15. The molecule has 1 saturated carbocycles. The molecule has 4 nitrogen and oxygen atoms in total. The van der Waals surface area contributed by atoms with Crippen LogP contribution in [-0.2, 0) is 0 Å². The first-order valence-corrected chi connectivity index (χ1v) is 4.41. The van der Waals surface area contributed by atoms with Gasteiger partial charge in [-0.15, -0.1) is 0 Å². The Labute approximate surface area is 80.9 Å². The largest absolute Gasteiger partial charge is 0.488 e. The van der Waals surface area contributed by atoms with Gasteiger partial charge < -0.3 is 4.74 Å². The van der Waals surface area contributed by atoms with Crippen LogP contribution in [0.4, 0.5) is 0 Å². The molecule has 1 aliphatic carbocycles. The number of nitrogens with zero attached hydrogens (tertiary/aromatic N) is 1. The maximum atomic E-state index is 10.6. The van der Waals surface area contributed by atoms with Crippen LogP contribution >= 0.6 is 0 Å². The molecule has 0 amide bonds. The number of pyridine rings is 1. The Morgan fingerprint density at radius 2 is 2.07 bits per heavy atom. The van der Waals surface area contributed by atoms with Crippen LogP contribution in [0.1, 0.15) is 33.8 Å². The molecule has 0 unspecified atom stereocenters. The molecule has 0 N–H and O–H groups in total. The van der Waals surface area contributed by atoms with E-state index in [1.165, 1.54) is 6.07 Å². The van der Waals surface area contributed by atoms with E-state index in [0.29, 0.717) is 18.3 Å². The first-order valence-electron chi connectivity index (χ1n) is 4.41. The van der Waals surface area contributed by atoms with Gasteiger partial charge in [-0.3, -0.25) is 9.59 Å². The Kier molecular flexibility index (Phi) is 2.26. The maximum Gasteiger partial charge on any atom is 0.172 e. The lowest BCUT2D eigenvalue weighted by Crippen LogP contribution is -2.02. The van der Waals surface area contributed by atoms with Crippen molar-refractivity contribution in [2.24, 2.45) is 0 Å². The molecule has 1 aromatic rings. The minimum atomic E-state index is 0.196. The van der Waals surface area contributed by atoms with Crippen LogP contribution in [0.25, 0.3) is 0 Å². The van der Waals surface area contributed by atoms with Gasteiger partial charge in [0.1, 0.15) is 17.1 Å². The third-order valence-electron chi connectivity index (χ3n) is 1.96. The topological polar surface area (TPSA) is 56.3 Å². The van der Waals surface area contributed by atoms with Crippen molar-refractivity contribution in [3.63, 3.8) is 0 Å². The van der Waals surface area contributed by atoms with Gasteiger partial charge in [-0.2, -0.15) is 0 Å². The van der Waals surface area contributed by atoms with Crippen LogP contribution in [0.2, 0.25) is 0 Å². The highest BCUT2D eigenvalue weighted by Gasteiger charge is 2.24. The van der Waals surface area contributed by atoms with E-state index in [-0.39, 0.29) is 17.5 Å². The van der Waals surface area contributed by atoms with Gasteiger partial charge in [0.05, 0.1) is 6.10 Å². The molecule has 0 radical (unpaired) electrons. The van der Waals surface area contributed by atoms with Crippen LogP contribution in [0, 0.1) is 0 Å². The zero-order chi connectivity index (χ0) is 9.97. The molecule has 0 bridgehead atoms. The van der Waals surface area contributed by atoms with Crippen molar-refractivity contribution in [2.75, 3.05) is 0 Å². The predicted molar refractivity (Wildman–Crippen MR) is 48.7 cm³/mol. The molecule has 0 aliphatic heterocycles. The minimum Gasteiger partial charge on any atom is -0.488 e. The first kappa shape index (κ1) is 8.87. The molecule has 4 heteroatoms. The fourth-order valence-corrected chi connectivity index (χ4v) is 1.09. The summed E-state index contributed by atoms with van der Waals surface area (Å²) in [6.07, 6.45) is 3.47. The Balaban J connectivity index is 2.28. The third-order valence-corrected chi connectivity index (χ3v) is 1.96. The summed E-state index contributed by atoms with van der Waals surface area (Å²) in [7, 11) is 0. The third kappa shape index (κ3) is 1.79. The van der Waals surface area contributed by atoms with Gasteiger partial charge in [0.25, 0.3) is 0 Å². The number of carbonyl (C=O) groups excluding carboxylic acids is 2. The summed E-state index contributed by atoms with van der Waals surface area (Å²) in [4.78, 5) is 24.9. The Hall–Kier alpha value is -1.71. The molecular weight excluding hydrogens is 182 g/mol. The van der Waals surface area contributed by atoms with Crippen molar-refractivity contribution >= 4 is 12.6 Å². The first-order chi connectivity index (χ1) is 6.83. The van der Waals surface area contributed by atoms with E-state index < -0.39 is 0 Å². The molecular formula is C10H9NO3. The fourth-order valence-electron chi connectivity index (χ4n) is 1.09. The van der Waals surface area contributed by atoms with Crippen molar-refractivity contribution in [3.8, 4) is 5.75 Å². The summed E-state index contributed by atoms with van der Waals surface area (Å²) in [6.45, 7) is 0. The maximum absolute atomic E-state index is 10.6. The van der Waals surface area contributed by atoms with E-state index in [1.54, 1.807) is 6.07 Å². The van der Waals surface area contributed by atoms with E-state index in [2.05, 4.69) is 4.98 Å². The molecule has 14 heavy (non-hydrogen) atoms. The van der Waals surface area contributed by atoms with Gasteiger partial charge >= 0.3 is 0 Å². The van der Waals surface area contributed by atoms with Gasteiger partial charge in [-0.1, -0.05) is 0 Å². The number of aromatic nitrogens is 1. The lowest BCUT2D eigenvalue weighted by atomic mass is 10.3. The molecule has 0 saturated heterocycles. The summed E-state index contributed by atoms with van der Waals surface area (Å²) >= 11 is 0. The molecule has 0 aromatic carbocycles. The second-order valence-electron chi connectivity index (χ2n) is 3.17. The van der Waals surface area contributed by atoms with E-state index >= 15 is 0 Å². The molecule has 72 valence electrons. The average molecular weight is 191 g/mol. The Morgan fingerprint density at radius 3 is 2.64 bits per heavy atom. The van der Waals surface area contributed by atoms with Gasteiger partial charge in [-0.25, -0.2) is 4.98 Å². The van der Waals surface area contributed by atoms with Crippen LogP contribution in [0.15, 0.2) is 12.1 Å². The van der Waals surface area contributed by atoms with Crippen molar-refractivity contribution < 1.29 is 14.3 Å². The SMILES string of the molecule is O=Cc1ccc(OC2CC2)c(C=O)n1. The van der Waals surface area contributed by atoms with E-state index in [1.807, 2.05) is 0 Å². The smallest absolute Gasteiger partial charge is 0.172 e. The second-order valence-corrected chi connectivity index (χ2v) is 3.17. The van der Waals surface area contributed by atoms with Gasteiger partial charge in [0.15, 0.2) is 12.6 Å². The molecule has 1 aromatic heterocycles. The van der Waals surface area contributed by atoms with E-state index in [4.69, 9.17) is 4.74 Å². The van der Waals surface area contributed by atoms with E-state index in [0.717, 1.165) is 12.8 Å². The predicted octanol–water partition coefficient (Wildman–Crippen LogP) is 1.25. The highest BCUT2D eigenvalue weighted by atomic mass is 16.5. The number of hydrogen-bond donors (Lipinski definition) is 0. The lowest BCUT2D eigenvalue weighted by molar-refractivity contribution is 0.111. The van der Waals surface area contributed by atoms with Gasteiger partial charge in [0.2, 0.25) is 0 Å². The monoisotopic (exact) mass is 191 g/mol. The van der Waals surface area contributed by atoms with Crippen molar-refractivity contribution in [2.45, 2.75) is 18.9 Å². The van der Waals surface area contributed by atoms with Crippen LogP contribution in [0.3, 0.4) is 0 Å². The Bertz CT molecular complexity index is 372. The van der Waals surface area contributed by atoms with Crippen molar-refractivity contribution in [1.29, 1.82) is 0 Å². The minimum absolute atomic E-state index is 0.196. The number of hydrogen-bond acceptors (Lipinski definition) is 4.